The van der Waals surface area contributed by atoms with Gasteiger partial charge in [0.25, 0.3) is 0 Å². The second kappa shape index (κ2) is 8.84. The maximum absolute atomic E-state index is 12.5. The molecular formula is C19H21ClN4O4S2. The molecular weight excluding hydrogens is 448 g/mol. The fourth-order valence-corrected chi connectivity index (χ4v) is 4.49. The fourth-order valence-electron chi connectivity index (χ4n) is 2.93. The Bertz CT molecular complexity index is 1220. The Labute approximate surface area is 183 Å². The van der Waals surface area contributed by atoms with Gasteiger partial charge in [-0.05, 0) is 43.7 Å². The van der Waals surface area contributed by atoms with Crippen LogP contribution in [0.25, 0.3) is 11.0 Å². The van der Waals surface area contributed by atoms with Crippen molar-refractivity contribution in [2.24, 2.45) is 5.14 Å². The Morgan fingerprint density at radius 2 is 2.07 bits per heavy atom. The van der Waals surface area contributed by atoms with Gasteiger partial charge in [0.2, 0.25) is 15.9 Å². The molecule has 0 saturated carbocycles. The van der Waals surface area contributed by atoms with Gasteiger partial charge in [0.15, 0.2) is 5.16 Å². The third-order valence-electron chi connectivity index (χ3n) is 4.42. The van der Waals surface area contributed by atoms with Crippen LogP contribution in [0.1, 0.15) is 12.5 Å². The summed E-state index contributed by atoms with van der Waals surface area (Å²) < 4.78 is 30.4. The smallest absolute Gasteiger partial charge is 0.238 e. The topological polar surface area (TPSA) is 116 Å². The van der Waals surface area contributed by atoms with Crippen LogP contribution in [0.3, 0.4) is 0 Å². The molecule has 2 aromatic carbocycles. The number of ether oxygens (including phenoxy) is 1. The standard InChI is InChI=1S/C19H21ClN4O4S2/c1-4-24-16-6-5-12(30(21,26)27)8-14(16)23-19(24)29-10-18(25)22-15-7-11(2)13(20)9-17(15)28-3/h5-9H,4,10H2,1-3H3,(H,22,25)(H2,21,26,27). The maximum atomic E-state index is 12.5. The van der Waals surface area contributed by atoms with Crippen molar-refractivity contribution >= 4 is 56.0 Å². The number of imidazole rings is 1. The van der Waals surface area contributed by atoms with Gasteiger partial charge in [-0.25, -0.2) is 18.5 Å². The minimum absolute atomic E-state index is 0.00440. The number of aromatic nitrogens is 2. The number of halogens is 1. The second-order valence-corrected chi connectivity index (χ2v) is 9.38. The third kappa shape index (κ3) is 4.72. The Morgan fingerprint density at radius 3 is 2.70 bits per heavy atom. The molecule has 0 saturated heterocycles. The van der Waals surface area contributed by atoms with Crippen molar-refractivity contribution in [3.63, 3.8) is 0 Å². The van der Waals surface area contributed by atoms with Gasteiger partial charge in [-0.2, -0.15) is 0 Å². The number of hydrogen-bond acceptors (Lipinski definition) is 6. The van der Waals surface area contributed by atoms with Crippen molar-refractivity contribution < 1.29 is 17.9 Å². The van der Waals surface area contributed by atoms with Gasteiger partial charge < -0.3 is 14.6 Å². The summed E-state index contributed by atoms with van der Waals surface area (Å²) in [7, 11) is -2.31. The quantitative estimate of drug-likeness (QED) is 0.513. The van der Waals surface area contributed by atoms with E-state index >= 15 is 0 Å². The number of primary sulfonamides is 1. The van der Waals surface area contributed by atoms with Crippen LogP contribution < -0.4 is 15.2 Å². The van der Waals surface area contributed by atoms with Crippen LogP contribution in [0.5, 0.6) is 5.75 Å². The van der Waals surface area contributed by atoms with Crippen LogP contribution in [-0.4, -0.2) is 36.7 Å². The Hall–Kier alpha value is -2.27. The lowest BCUT2D eigenvalue weighted by Gasteiger charge is -2.12. The zero-order valence-electron chi connectivity index (χ0n) is 16.6. The number of rotatable bonds is 7. The predicted molar refractivity (Wildman–Crippen MR) is 119 cm³/mol. The fraction of sp³-hybridized carbons (Fsp3) is 0.263. The molecule has 1 amide bonds. The molecule has 0 atom stereocenters. The normalized spacial score (nSPS) is 11.6. The SMILES string of the molecule is CCn1c(SCC(=O)Nc2cc(C)c(Cl)cc2OC)nc2cc(S(N)(=O)=O)ccc21. The molecule has 0 aliphatic rings. The predicted octanol–water partition coefficient (Wildman–Crippen LogP) is 3.40. The van der Waals surface area contributed by atoms with Gasteiger partial charge in [0, 0.05) is 17.6 Å². The first-order valence-corrected chi connectivity index (χ1v) is 11.8. The number of amides is 1. The molecule has 0 fully saturated rings. The molecule has 0 radical (unpaired) electrons. The van der Waals surface area contributed by atoms with E-state index in [-0.39, 0.29) is 16.6 Å². The average Bonchev–Trinajstić information content (AvgIpc) is 3.05. The molecule has 11 heteroatoms. The van der Waals surface area contributed by atoms with Crippen LogP contribution in [0, 0.1) is 6.92 Å². The molecule has 1 aromatic heterocycles. The van der Waals surface area contributed by atoms with Gasteiger partial charge in [0.05, 0.1) is 34.5 Å². The summed E-state index contributed by atoms with van der Waals surface area (Å²) in [6.45, 7) is 4.39. The van der Waals surface area contributed by atoms with E-state index in [0.717, 1.165) is 11.1 Å². The monoisotopic (exact) mass is 468 g/mol. The van der Waals surface area contributed by atoms with Crippen molar-refractivity contribution in [3.05, 3.63) is 40.9 Å². The summed E-state index contributed by atoms with van der Waals surface area (Å²) in [6, 6.07) is 7.94. The average molecular weight is 469 g/mol. The van der Waals surface area contributed by atoms with Crippen molar-refractivity contribution in [1.29, 1.82) is 0 Å². The Kier molecular flexibility index (Phi) is 6.61. The molecule has 160 valence electrons. The first kappa shape index (κ1) is 22.4. The van der Waals surface area contributed by atoms with Crippen LogP contribution >= 0.6 is 23.4 Å². The zero-order valence-corrected chi connectivity index (χ0v) is 19.0. The van der Waals surface area contributed by atoms with E-state index in [0.29, 0.717) is 33.7 Å². The number of hydrogen-bond donors (Lipinski definition) is 2. The van der Waals surface area contributed by atoms with E-state index in [2.05, 4.69) is 10.3 Å². The van der Waals surface area contributed by atoms with Gasteiger partial charge in [0.1, 0.15) is 5.75 Å². The number of nitrogens with zero attached hydrogens (tertiary/aromatic N) is 2. The molecule has 30 heavy (non-hydrogen) atoms. The molecule has 1 heterocycles. The first-order chi connectivity index (χ1) is 14.1. The molecule has 0 unspecified atom stereocenters. The van der Waals surface area contributed by atoms with Crippen molar-refractivity contribution in [3.8, 4) is 5.75 Å². The molecule has 8 nitrogen and oxygen atoms in total. The van der Waals surface area contributed by atoms with Crippen molar-refractivity contribution in [1.82, 2.24) is 9.55 Å². The molecule has 3 rings (SSSR count). The molecule has 0 aliphatic carbocycles. The number of thioether (sulfide) groups is 1. The summed E-state index contributed by atoms with van der Waals surface area (Å²) >= 11 is 7.35. The van der Waals surface area contributed by atoms with E-state index < -0.39 is 10.0 Å². The number of anilines is 1. The molecule has 3 N–H and O–H groups in total. The number of fused-ring (bicyclic) bond motifs is 1. The minimum Gasteiger partial charge on any atom is -0.495 e. The van der Waals surface area contributed by atoms with E-state index in [9.17, 15) is 13.2 Å². The number of methoxy groups -OCH3 is 1. The lowest BCUT2D eigenvalue weighted by atomic mass is 10.2. The number of carbonyl (C=O) groups excluding carboxylic acids is 1. The van der Waals surface area contributed by atoms with Crippen molar-refractivity contribution in [2.45, 2.75) is 30.4 Å². The number of nitrogens with one attached hydrogen (secondary N) is 1. The summed E-state index contributed by atoms with van der Waals surface area (Å²) in [5, 5.41) is 9.18. The minimum atomic E-state index is -3.82. The zero-order chi connectivity index (χ0) is 22.1. The van der Waals surface area contributed by atoms with Crippen LogP contribution in [0.15, 0.2) is 40.4 Å². The van der Waals surface area contributed by atoms with Crippen molar-refractivity contribution in [2.75, 3.05) is 18.2 Å². The summed E-state index contributed by atoms with van der Waals surface area (Å²) in [5.41, 5.74) is 2.62. The van der Waals surface area contributed by atoms with Crippen LogP contribution in [0.2, 0.25) is 5.02 Å². The molecule has 0 spiro atoms. The number of carbonyl (C=O) groups is 1. The first-order valence-electron chi connectivity index (χ1n) is 8.94. The number of nitrogens with two attached hydrogens (primary N) is 1. The largest absolute Gasteiger partial charge is 0.495 e. The summed E-state index contributed by atoms with van der Waals surface area (Å²) in [6.07, 6.45) is 0. The summed E-state index contributed by atoms with van der Waals surface area (Å²) in [5.74, 6) is 0.344. The van der Waals surface area contributed by atoms with E-state index in [1.165, 1.54) is 31.0 Å². The maximum Gasteiger partial charge on any atom is 0.238 e. The number of benzene rings is 2. The lowest BCUT2D eigenvalue weighted by molar-refractivity contribution is -0.113. The van der Waals surface area contributed by atoms with E-state index in [4.69, 9.17) is 21.5 Å². The molecule has 3 aromatic rings. The van der Waals surface area contributed by atoms with Gasteiger partial charge >= 0.3 is 0 Å². The van der Waals surface area contributed by atoms with Gasteiger partial charge in [-0.3, -0.25) is 4.79 Å². The highest BCUT2D eigenvalue weighted by Crippen LogP contribution is 2.31. The molecule has 0 aliphatic heterocycles. The Balaban J connectivity index is 1.80. The highest BCUT2D eigenvalue weighted by atomic mass is 35.5. The van der Waals surface area contributed by atoms with E-state index in [1.807, 2.05) is 18.4 Å². The highest BCUT2D eigenvalue weighted by molar-refractivity contribution is 7.99. The number of aryl methyl sites for hydroxylation is 2. The Morgan fingerprint density at radius 1 is 1.33 bits per heavy atom. The number of sulfonamides is 1. The molecule has 0 bridgehead atoms. The van der Waals surface area contributed by atoms with Gasteiger partial charge in [-0.1, -0.05) is 23.4 Å². The second-order valence-electron chi connectivity index (χ2n) is 6.47. The van der Waals surface area contributed by atoms with E-state index in [1.54, 1.807) is 18.2 Å². The highest BCUT2D eigenvalue weighted by Gasteiger charge is 2.16. The third-order valence-corrected chi connectivity index (χ3v) is 6.71. The van der Waals surface area contributed by atoms with Crippen LogP contribution in [0.4, 0.5) is 5.69 Å². The lowest BCUT2D eigenvalue weighted by Crippen LogP contribution is -2.15. The summed E-state index contributed by atoms with van der Waals surface area (Å²) in [4.78, 5) is 17.0. The van der Waals surface area contributed by atoms with Crippen LogP contribution in [-0.2, 0) is 21.4 Å². The van der Waals surface area contributed by atoms with Gasteiger partial charge in [-0.15, -0.1) is 0 Å².